The number of aromatic nitrogens is 1. The van der Waals surface area contributed by atoms with Gasteiger partial charge in [0.15, 0.2) is 11.4 Å². The first-order valence-corrected chi connectivity index (χ1v) is 12.0. The first-order chi connectivity index (χ1) is 17.9. The number of nitrogens with one attached hydrogen (secondary N) is 1. The third kappa shape index (κ3) is 6.22. The van der Waals surface area contributed by atoms with Gasteiger partial charge in [-0.2, -0.15) is 0 Å². The van der Waals surface area contributed by atoms with E-state index in [4.69, 9.17) is 14.2 Å². The lowest BCUT2D eigenvalue weighted by Gasteiger charge is -2.18. The number of benzene rings is 2. The van der Waals surface area contributed by atoms with E-state index in [0.717, 1.165) is 29.5 Å². The van der Waals surface area contributed by atoms with Crippen molar-refractivity contribution in [3.8, 4) is 11.5 Å². The van der Waals surface area contributed by atoms with Crippen molar-refractivity contribution in [1.29, 1.82) is 0 Å². The standard InChI is InChI=1S/C29H28N2O6/c1-18(31-27(32)25-26(23(35-3)16-17-30-25)37-29(34)22-14-15-22)28(33)36-19(2)24(20-10-6-4-7-11-20)21-12-8-5-9-13-21/h4-13,16-18,22H,14-15H2,1-3H3,(H,31,32). The highest BCUT2D eigenvalue weighted by molar-refractivity contribution is 5.99. The summed E-state index contributed by atoms with van der Waals surface area (Å²) in [5, 5.41) is 2.58. The highest BCUT2D eigenvalue weighted by Gasteiger charge is 2.34. The predicted octanol–water partition coefficient (Wildman–Crippen LogP) is 4.55. The molecular formula is C29H28N2O6. The Morgan fingerprint density at radius 3 is 2.08 bits per heavy atom. The molecule has 1 unspecified atom stereocenters. The van der Waals surface area contributed by atoms with Gasteiger partial charge in [-0.15, -0.1) is 0 Å². The molecular weight excluding hydrogens is 472 g/mol. The van der Waals surface area contributed by atoms with E-state index in [1.165, 1.54) is 26.3 Å². The van der Waals surface area contributed by atoms with Crippen molar-refractivity contribution in [2.45, 2.75) is 32.7 Å². The molecule has 0 radical (unpaired) electrons. The van der Waals surface area contributed by atoms with Gasteiger partial charge in [0.2, 0.25) is 5.75 Å². The highest BCUT2D eigenvalue weighted by atomic mass is 16.6. The van der Waals surface area contributed by atoms with E-state index in [0.29, 0.717) is 5.76 Å². The molecule has 0 bridgehead atoms. The molecule has 37 heavy (non-hydrogen) atoms. The molecule has 190 valence electrons. The van der Waals surface area contributed by atoms with Crippen LogP contribution < -0.4 is 14.8 Å². The number of carbonyl (C=O) groups is 3. The largest absolute Gasteiger partial charge is 0.493 e. The van der Waals surface area contributed by atoms with E-state index >= 15 is 0 Å². The second-order valence-electron chi connectivity index (χ2n) is 8.67. The Morgan fingerprint density at radius 1 is 0.946 bits per heavy atom. The average molecular weight is 501 g/mol. The third-order valence-electron chi connectivity index (χ3n) is 5.85. The van der Waals surface area contributed by atoms with Gasteiger partial charge in [0, 0.05) is 17.8 Å². The minimum absolute atomic E-state index is 0.0773. The van der Waals surface area contributed by atoms with Crippen LogP contribution in [0.25, 0.3) is 5.57 Å². The molecule has 1 aliphatic rings. The normalized spacial score (nSPS) is 13.2. The quantitative estimate of drug-likeness (QED) is 0.340. The van der Waals surface area contributed by atoms with Crippen LogP contribution in [0.2, 0.25) is 0 Å². The smallest absolute Gasteiger partial charge is 0.333 e. The van der Waals surface area contributed by atoms with E-state index < -0.39 is 23.9 Å². The molecule has 8 nitrogen and oxygen atoms in total. The van der Waals surface area contributed by atoms with Gasteiger partial charge in [-0.1, -0.05) is 60.7 Å². The Morgan fingerprint density at radius 2 is 1.54 bits per heavy atom. The Kier molecular flexibility index (Phi) is 7.98. The molecule has 0 saturated heterocycles. The van der Waals surface area contributed by atoms with E-state index in [-0.39, 0.29) is 23.1 Å². The van der Waals surface area contributed by atoms with Gasteiger partial charge in [0.25, 0.3) is 5.91 Å². The van der Waals surface area contributed by atoms with Crippen molar-refractivity contribution in [1.82, 2.24) is 10.3 Å². The average Bonchev–Trinajstić information content (AvgIpc) is 3.76. The number of allylic oxidation sites excluding steroid dienone is 1. The number of amides is 1. The molecule has 1 aromatic heterocycles. The molecule has 1 heterocycles. The van der Waals surface area contributed by atoms with Crippen molar-refractivity contribution in [2.24, 2.45) is 5.92 Å². The molecule has 8 heteroatoms. The van der Waals surface area contributed by atoms with Crippen LogP contribution in [-0.2, 0) is 14.3 Å². The van der Waals surface area contributed by atoms with Gasteiger partial charge >= 0.3 is 11.9 Å². The highest BCUT2D eigenvalue weighted by Crippen LogP contribution is 2.35. The SMILES string of the molecule is COc1ccnc(C(=O)NC(C)C(=O)OC(C)=C(c2ccccc2)c2ccccc2)c1OC(=O)C1CC1. The summed E-state index contributed by atoms with van der Waals surface area (Å²) in [6.45, 7) is 3.22. The lowest BCUT2D eigenvalue weighted by Crippen LogP contribution is -2.40. The second kappa shape index (κ2) is 11.5. The summed E-state index contributed by atoms with van der Waals surface area (Å²) >= 11 is 0. The number of hydrogen-bond donors (Lipinski definition) is 1. The summed E-state index contributed by atoms with van der Waals surface area (Å²) in [6.07, 6.45) is 2.85. The van der Waals surface area contributed by atoms with Crippen LogP contribution in [0.3, 0.4) is 0 Å². The Bertz CT molecular complexity index is 1280. The van der Waals surface area contributed by atoms with Gasteiger partial charge in [-0.05, 0) is 37.8 Å². The van der Waals surface area contributed by atoms with Crippen LogP contribution in [0.15, 0.2) is 78.7 Å². The van der Waals surface area contributed by atoms with Crippen molar-refractivity contribution < 1.29 is 28.6 Å². The predicted molar refractivity (Wildman–Crippen MR) is 137 cm³/mol. The van der Waals surface area contributed by atoms with Gasteiger partial charge in [0.1, 0.15) is 11.8 Å². The Balaban J connectivity index is 1.53. The number of esters is 2. The number of nitrogens with zero attached hydrogens (tertiary/aromatic N) is 1. The fourth-order valence-electron chi connectivity index (χ4n) is 3.75. The van der Waals surface area contributed by atoms with Crippen molar-refractivity contribution >= 4 is 23.4 Å². The van der Waals surface area contributed by atoms with Crippen molar-refractivity contribution in [3.05, 3.63) is 95.5 Å². The number of carbonyl (C=O) groups excluding carboxylic acids is 3. The van der Waals surface area contributed by atoms with Gasteiger partial charge < -0.3 is 19.5 Å². The van der Waals surface area contributed by atoms with Crippen LogP contribution in [0.1, 0.15) is 48.3 Å². The molecule has 1 saturated carbocycles. The van der Waals surface area contributed by atoms with Crippen LogP contribution >= 0.6 is 0 Å². The number of rotatable bonds is 9. The summed E-state index contributed by atoms with van der Waals surface area (Å²) in [6, 6.07) is 19.7. The number of methoxy groups -OCH3 is 1. The zero-order valence-electron chi connectivity index (χ0n) is 20.9. The first kappa shape index (κ1) is 25.6. The maximum absolute atomic E-state index is 13.0. The fraction of sp³-hybridized carbons (Fsp3) is 0.241. The maximum atomic E-state index is 13.0. The van der Waals surface area contributed by atoms with E-state index in [1.807, 2.05) is 60.7 Å². The van der Waals surface area contributed by atoms with E-state index in [2.05, 4.69) is 10.3 Å². The molecule has 0 aliphatic heterocycles. The summed E-state index contributed by atoms with van der Waals surface area (Å²) in [7, 11) is 1.40. The monoisotopic (exact) mass is 500 g/mol. The van der Waals surface area contributed by atoms with Gasteiger partial charge in [-0.3, -0.25) is 9.59 Å². The molecule has 0 spiro atoms. The maximum Gasteiger partial charge on any atom is 0.333 e. The minimum atomic E-state index is -1.02. The van der Waals surface area contributed by atoms with Crippen LogP contribution in [-0.4, -0.2) is 36.0 Å². The van der Waals surface area contributed by atoms with E-state index in [9.17, 15) is 14.4 Å². The molecule has 1 aliphatic carbocycles. The molecule has 1 atom stereocenters. The van der Waals surface area contributed by atoms with Crippen molar-refractivity contribution in [2.75, 3.05) is 7.11 Å². The lowest BCUT2D eigenvalue weighted by molar-refractivity contribution is -0.141. The van der Waals surface area contributed by atoms with Crippen LogP contribution in [0.5, 0.6) is 11.5 Å². The Labute approximate surface area is 215 Å². The van der Waals surface area contributed by atoms with E-state index in [1.54, 1.807) is 6.92 Å². The first-order valence-electron chi connectivity index (χ1n) is 12.0. The Hall–Kier alpha value is -4.46. The van der Waals surface area contributed by atoms with Crippen LogP contribution in [0.4, 0.5) is 0 Å². The molecule has 1 fully saturated rings. The van der Waals surface area contributed by atoms with Gasteiger partial charge in [0.05, 0.1) is 13.0 Å². The molecule has 2 aromatic carbocycles. The molecule has 1 amide bonds. The molecule has 1 N–H and O–H groups in total. The zero-order chi connectivity index (χ0) is 26.4. The topological polar surface area (TPSA) is 104 Å². The van der Waals surface area contributed by atoms with Gasteiger partial charge in [-0.25, -0.2) is 9.78 Å². The second-order valence-corrected chi connectivity index (χ2v) is 8.67. The number of pyridine rings is 1. The third-order valence-corrected chi connectivity index (χ3v) is 5.85. The van der Waals surface area contributed by atoms with Crippen LogP contribution in [0, 0.1) is 5.92 Å². The number of hydrogen-bond acceptors (Lipinski definition) is 7. The lowest BCUT2D eigenvalue weighted by atomic mass is 9.97. The van der Waals surface area contributed by atoms with Crippen molar-refractivity contribution in [3.63, 3.8) is 0 Å². The summed E-state index contributed by atoms with van der Waals surface area (Å²) < 4.78 is 16.4. The number of ether oxygens (including phenoxy) is 3. The molecule has 3 aromatic rings. The summed E-state index contributed by atoms with van der Waals surface area (Å²) in [5.41, 5.74) is 2.38. The fourth-order valence-corrected chi connectivity index (χ4v) is 3.75. The summed E-state index contributed by atoms with van der Waals surface area (Å²) in [5.74, 6) is -1.48. The molecule has 4 rings (SSSR count). The minimum Gasteiger partial charge on any atom is -0.493 e. The zero-order valence-corrected chi connectivity index (χ0v) is 20.9. The summed E-state index contributed by atoms with van der Waals surface area (Å²) in [4.78, 5) is 42.3.